The lowest BCUT2D eigenvalue weighted by molar-refractivity contribution is -0.122. The van der Waals surface area contributed by atoms with Crippen molar-refractivity contribution < 1.29 is 22.8 Å². The maximum absolute atomic E-state index is 13.5. The fourth-order valence-corrected chi connectivity index (χ4v) is 4.83. The molecule has 0 atom stereocenters. The molecule has 1 aromatic heterocycles. The van der Waals surface area contributed by atoms with Gasteiger partial charge in [-0.2, -0.15) is 0 Å². The van der Waals surface area contributed by atoms with Crippen LogP contribution in [0.2, 0.25) is 10.0 Å². The first-order valence-electron chi connectivity index (χ1n) is 10.4. The van der Waals surface area contributed by atoms with Crippen molar-refractivity contribution in [2.24, 2.45) is 7.05 Å². The smallest absolute Gasteiger partial charge is 0.350 e. The Morgan fingerprint density at radius 3 is 2.38 bits per heavy atom. The van der Waals surface area contributed by atoms with Gasteiger partial charge in [0.2, 0.25) is 10.9 Å². The summed E-state index contributed by atoms with van der Waals surface area (Å²) in [6, 6.07) is 14.8. The molecule has 12 heteroatoms. The van der Waals surface area contributed by atoms with Gasteiger partial charge >= 0.3 is 6.09 Å². The zero-order valence-corrected chi connectivity index (χ0v) is 20.5. The summed E-state index contributed by atoms with van der Waals surface area (Å²) in [5.74, 6) is -0.287. The van der Waals surface area contributed by atoms with Crippen LogP contribution < -0.4 is 10.0 Å². The molecule has 34 heavy (non-hydrogen) atoms. The molecule has 1 fully saturated rings. The molecule has 2 aromatic carbocycles. The monoisotopic (exact) mass is 524 g/mol. The number of thiol groups is 1. The maximum atomic E-state index is 13.5. The third kappa shape index (κ3) is 4.85. The van der Waals surface area contributed by atoms with E-state index in [9.17, 15) is 18.0 Å². The predicted molar refractivity (Wildman–Crippen MR) is 129 cm³/mol. The van der Waals surface area contributed by atoms with Gasteiger partial charge in [-0.3, -0.25) is 4.79 Å². The molecule has 3 aromatic rings. The molecule has 2 amide bonds. The van der Waals surface area contributed by atoms with Crippen molar-refractivity contribution >= 4 is 57.0 Å². The quantitative estimate of drug-likeness (QED) is 0.441. The van der Waals surface area contributed by atoms with Crippen molar-refractivity contribution in [3.05, 3.63) is 69.8 Å². The number of aryl methyl sites for hydroxylation is 1. The normalized spacial score (nSPS) is 15.9. The minimum Gasteiger partial charge on any atom is -0.350 e. The van der Waals surface area contributed by atoms with Gasteiger partial charge in [-0.05, 0) is 36.6 Å². The van der Waals surface area contributed by atoms with Crippen LogP contribution in [0.5, 0.6) is 0 Å². The lowest BCUT2D eigenvalue weighted by Crippen LogP contribution is -2.53. The summed E-state index contributed by atoms with van der Waals surface area (Å²) in [5, 5.41) is 6.04. The van der Waals surface area contributed by atoms with Gasteiger partial charge in [-0.15, -0.1) is 5.06 Å². The number of aromatic nitrogens is 1. The molecule has 0 saturated carbocycles. The molecule has 0 bridgehead atoms. The van der Waals surface area contributed by atoms with Crippen molar-refractivity contribution in [3.8, 4) is 0 Å². The Labute approximate surface area is 207 Å². The Kier molecular flexibility index (Phi) is 7.04. The Morgan fingerprint density at radius 1 is 1.06 bits per heavy atom. The first-order chi connectivity index (χ1) is 16.2. The SMILES string of the molecule is Cn1c(C(=O)NC2(c3ccccc3)CCN(OC(=O)N[SH](=O)=O)CC2)cc2c(Cl)c(Cl)ccc21. The Morgan fingerprint density at radius 2 is 1.74 bits per heavy atom. The lowest BCUT2D eigenvalue weighted by Gasteiger charge is -2.41. The minimum atomic E-state index is -3.10. The Balaban J connectivity index is 1.59. The number of carbonyl (C=O) groups excluding carboxylic acids is 2. The number of rotatable bonds is 5. The largest absolute Gasteiger partial charge is 0.439 e. The topological polar surface area (TPSA) is 110 Å². The van der Waals surface area contributed by atoms with Gasteiger partial charge in [0.25, 0.3) is 5.91 Å². The van der Waals surface area contributed by atoms with E-state index in [1.54, 1.807) is 28.5 Å². The molecule has 0 spiro atoms. The molecule has 1 saturated heterocycles. The van der Waals surface area contributed by atoms with Crippen molar-refractivity contribution in [2.75, 3.05) is 13.1 Å². The summed E-state index contributed by atoms with van der Waals surface area (Å²) < 4.78 is 24.8. The van der Waals surface area contributed by atoms with E-state index in [0.717, 1.165) is 11.1 Å². The van der Waals surface area contributed by atoms with Gasteiger partial charge in [-0.25, -0.2) is 17.9 Å². The summed E-state index contributed by atoms with van der Waals surface area (Å²) in [7, 11) is -1.32. The third-order valence-corrected chi connectivity index (χ3v) is 7.18. The van der Waals surface area contributed by atoms with Crippen LogP contribution in [0, 0.1) is 0 Å². The van der Waals surface area contributed by atoms with Gasteiger partial charge < -0.3 is 14.7 Å². The molecule has 0 unspecified atom stereocenters. The molecule has 180 valence electrons. The maximum Gasteiger partial charge on any atom is 0.439 e. The number of amides is 2. The average Bonchev–Trinajstić information content (AvgIpc) is 3.15. The van der Waals surface area contributed by atoms with Gasteiger partial charge in [0.05, 0.1) is 15.6 Å². The van der Waals surface area contributed by atoms with Gasteiger partial charge in [0.15, 0.2) is 0 Å². The van der Waals surface area contributed by atoms with Crippen LogP contribution in [0.4, 0.5) is 4.79 Å². The number of carbonyl (C=O) groups is 2. The highest BCUT2D eigenvalue weighted by Crippen LogP contribution is 2.35. The van der Waals surface area contributed by atoms with E-state index in [1.807, 2.05) is 36.4 Å². The molecule has 0 aliphatic carbocycles. The summed E-state index contributed by atoms with van der Waals surface area (Å²) >= 11 is 12.5. The van der Waals surface area contributed by atoms with Crippen LogP contribution in [-0.2, 0) is 28.3 Å². The summed E-state index contributed by atoms with van der Waals surface area (Å²) in [6.07, 6.45) is -0.218. The third-order valence-electron chi connectivity index (χ3n) is 6.00. The second-order valence-electron chi connectivity index (χ2n) is 7.96. The zero-order valence-electron chi connectivity index (χ0n) is 18.1. The molecule has 4 rings (SSSR count). The van der Waals surface area contributed by atoms with Crippen molar-refractivity contribution in [1.82, 2.24) is 19.7 Å². The fraction of sp³-hybridized carbons (Fsp3) is 0.273. The van der Waals surface area contributed by atoms with Crippen LogP contribution in [0.25, 0.3) is 10.9 Å². The van der Waals surface area contributed by atoms with E-state index in [-0.39, 0.29) is 19.0 Å². The van der Waals surface area contributed by atoms with Gasteiger partial charge in [0, 0.05) is 31.0 Å². The van der Waals surface area contributed by atoms with Gasteiger partial charge in [-0.1, -0.05) is 53.5 Å². The minimum absolute atomic E-state index is 0.286. The van der Waals surface area contributed by atoms with Gasteiger partial charge in [0.1, 0.15) is 5.69 Å². The van der Waals surface area contributed by atoms with Crippen LogP contribution in [0.1, 0.15) is 28.9 Å². The van der Waals surface area contributed by atoms with E-state index in [4.69, 9.17) is 28.0 Å². The van der Waals surface area contributed by atoms with E-state index < -0.39 is 22.5 Å². The number of fused-ring (bicyclic) bond motifs is 1. The van der Waals surface area contributed by atoms with E-state index in [2.05, 4.69) is 5.32 Å². The molecule has 1 aliphatic rings. The standard InChI is InChI=1S/C22H22Cl2N4O5S/c1-27-17-8-7-16(23)19(24)15(17)13-18(27)20(29)25-22(14-5-3-2-4-6-14)9-11-28(12-10-22)33-21(30)26-34(31)32/h2-8,13,34H,9-12H2,1H3,(H,25,29)(H,26,30,31,32). The fourth-order valence-electron chi connectivity index (χ4n) is 4.26. The number of benzene rings is 2. The van der Waals surface area contributed by atoms with Crippen LogP contribution in [0.15, 0.2) is 48.5 Å². The summed E-state index contributed by atoms with van der Waals surface area (Å²) in [6.45, 7) is 0.573. The second kappa shape index (κ2) is 9.83. The highest BCUT2D eigenvalue weighted by Gasteiger charge is 2.39. The number of hydrogen-bond donors (Lipinski definition) is 3. The summed E-state index contributed by atoms with van der Waals surface area (Å²) in [5.41, 5.74) is 1.39. The van der Waals surface area contributed by atoms with E-state index in [0.29, 0.717) is 34.0 Å². The Hall–Kier alpha value is -2.79. The number of nitrogens with zero attached hydrogens (tertiary/aromatic N) is 2. The van der Waals surface area contributed by atoms with E-state index >= 15 is 0 Å². The first kappa shape index (κ1) is 24.3. The molecule has 2 N–H and O–H groups in total. The Bertz CT molecular complexity index is 1310. The highest BCUT2D eigenvalue weighted by molar-refractivity contribution is 7.70. The number of hydroxylamine groups is 2. The molecular weight excluding hydrogens is 503 g/mol. The predicted octanol–water partition coefficient (Wildman–Crippen LogP) is 3.37. The highest BCUT2D eigenvalue weighted by atomic mass is 35.5. The van der Waals surface area contributed by atoms with Crippen molar-refractivity contribution in [3.63, 3.8) is 0 Å². The molecule has 9 nitrogen and oxygen atoms in total. The number of hydrogen-bond acceptors (Lipinski definition) is 6. The van der Waals surface area contributed by atoms with Crippen molar-refractivity contribution in [1.29, 1.82) is 0 Å². The van der Waals surface area contributed by atoms with Crippen LogP contribution in [0.3, 0.4) is 0 Å². The van der Waals surface area contributed by atoms with Crippen LogP contribution in [-0.4, -0.2) is 43.1 Å². The molecule has 0 radical (unpaired) electrons. The average molecular weight is 525 g/mol. The number of nitrogens with one attached hydrogen (secondary N) is 2. The van der Waals surface area contributed by atoms with Crippen LogP contribution >= 0.6 is 23.2 Å². The zero-order chi connectivity index (χ0) is 24.5. The lowest BCUT2D eigenvalue weighted by atomic mass is 9.81. The van der Waals surface area contributed by atoms with Crippen molar-refractivity contribution in [2.45, 2.75) is 18.4 Å². The molecule has 1 aliphatic heterocycles. The summed E-state index contributed by atoms with van der Waals surface area (Å²) in [4.78, 5) is 30.2. The molecule has 2 heterocycles. The van der Waals surface area contributed by atoms with E-state index in [1.165, 1.54) is 5.06 Å². The second-order valence-corrected chi connectivity index (χ2v) is 9.48. The molecular formula is C22H22Cl2N4O5S. The number of piperidine rings is 1. The number of halogens is 2. The first-order valence-corrected chi connectivity index (χ1v) is 12.3.